The van der Waals surface area contributed by atoms with Crippen LogP contribution in [0.15, 0.2) is 36.4 Å². The Kier molecular flexibility index (Phi) is 3.58. The summed E-state index contributed by atoms with van der Waals surface area (Å²) in [6.45, 7) is 6.22. The van der Waals surface area contributed by atoms with E-state index in [-0.39, 0.29) is 5.69 Å². The van der Waals surface area contributed by atoms with Crippen LogP contribution >= 0.6 is 11.6 Å². The monoisotopic (exact) mass is 261 g/mol. The lowest BCUT2D eigenvalue weighted by atomic mass is 10.1. The lowest BCUT2D eigenvalue weighted by Gasteiger charge is -2.08. The fourth-order valence-corrected chi connectivity index (χ4v) is 1.93. The number of allylic oxidation sites excluding steroid dienone is 1. The molecule has 1 heterocycles. The molecule has 0 unspecified atom stereocenters. The van der Waals surface area contributed by atoms with E-state index in [9.17, 15) is 4.79 Å². The summed E-state index contributed by atoms with van der Waals surface area (Å²) in [4.78, 5) is 11.0. The topological polar surface area (TPSA) is 47.8 Å². The highest BCUT2D eigenvalue weighted by molar-refractivity contribution is 6.33. The summed E-state index contributed by atoms with van der Waals surface area (Å²) in [5.41, 5.74) is 2.57. The first kappa shape index (κ1) is 12.5. The van der Waals surface area contributed by atoms with Crippen molar-refractivity contribution in [2.75, 3.05) is 0 Å². The first-order valence-electron chi connectivity index (χ1n) is 5.41. The average Bonchev–Trinajstić information content (AvgIpc) is 2.72. The molecular weight excluding hydrogens is 250 g/mol. The molecule has 2 aromatic rings. The number of carbonyl (C=O) groups is 1. The molecule has 0 atom stereocenters. The molecule has 0 radical (unpaired) electrons. The first-order chi connectivity index (χ1) is 8.63. The van der Waals surface area contributed by atoms with E-state index in [1.807, 2.05) is 25.1 Å². The van der Waals surface area contributed by atoms with E-state index in [0.717, 1.165) is 11.1 Å². The summed E-state index contributed by atoms with van der Waals surface area (Å²) in [6, 6.07) is 7.29. The molecule has 0 amide bonds. The third kappa shape index (κ3) is 2.33. The van der Waals surface area contributed by atoms with E-state index in [2.05, 4.69) is 16.9 Å². The summed E-state index contributed by atoms with van der Waals surface area (Å²) in [5, 5.41) is 8.37. The van der Waals surface area contributed by atoms with Gasteiger partial charge in [0, 0.05) is 5.56 Å². The van der Waals surface area contributed by atoms with Crippen molar-refractivity contribution in [3.63, 3.8) is 0 Å². The molecule has 0 saturated carbocycles. The van der Waals surface area contributed by atoms with Crippen LogP contribution in [0.4, 0.5) is 0 Å². The van der Waals surface area contributed by atoms with E-state index in [1.54, 1.807) is 10.7 Å². The maximum absolute atomic E-state index is 11.0. The van der Waals surface area contributed by atoms with Crippen molar-refractivity contribution in [2.24, 2.45) is 0 Å². The number of benzene rings is 1. The molecule has 0 aliphatic rings. The van der Waals surface area contributed by atoms with Gasteiger partial charge in [-0.3, -0.25) is 4.79 Å². The van der Waals surface area contributed by atoms with E-state index < -0.39 is 0 Å². The summed E-state index contributed by atoms with van der Waals surface area (Å²) in [6.07, 6.45) is 0.681. The molecule has 2 rings (SSSR count). The van der Waals surface area contributed by atoms with E-state index >= 15 is 0 Å². The van der Waals surface area contributed by atoms with Crippen molar-refractivity contribution in [1.29, 1.82) is 0 Å². The zero-order valence-corrected chi connectivity index (χ0v) is 10.7. The number of nitrogens with zero attached hydrogens (tertiary/aromatic N) is 3. The second kappa shape index (κ2) is 5.14. The van der Waals surface area contributed by atoms with Crippen LogP contribution in [-0.2, 0) is 6.54 Å². The second-order valence-electron chi connectivity index (χ2n) is 4.04. The van der Waals surface area contributed by atoms with Gasteiger partial charge in [0.15, 0.2) is 12.0 Å². The number of carbonyl (C=O) groups excluding carboxylic acids is 1. The SMILES string of the molecule is C=C(C)Cn1nnc(C=O)c1-c1ccccc1Cl. The fourth-order valence-electron chi connectivity index (χ4n) is 1.70. The van der Waals surface area contributed by atoms with Crippen LogP contribution in [0.1, 0.15) is 17.4 Å². The van der Waals surface area contributed by atoms with Gasteiger partial charge in [-0.25, -0.2) is 4.68 Å². The van der Waals surface area contributed by atoms with Crippen LogP contribution in [0.2, 0.25) is 5.02 Å². The zero-order valence-electron chi connectivity index (χ0n) is 9.93. The van der Waals surface area contributed by atoms with Crippen LogP contribution in [0, 0.1) is 0 Å². The molecule has 0 bridgehead atoms. The minimum atomic E-state index is 0.282. The Morgan fingerprint density at radius 2 is 2.22 bits per heavy atom. The van der Waals surface area contributed by atoms with Gasteiger partial charge in [0.2, 0.25) is 0 Å². The van der Waals surface area contributed by atoms with Gasteiger partial charge in [-0.1, -0.05) is 47.2 Å². The number of aldehydes is 1. The number of hydrogen-bond acceptors (Lipinski definition) is 3. The quantitative estimate of drug-likeness (QED) is 0.628. The molecule has 1 aromatic carbocycles. The third-order valence-corrected chi connectivity index (χ3v) is 2.75. The molecule has 18 heavy (non-hydrogen) atoms. The summed E-state index contributed by atoms with van der Waals surface area (Å²) < 4.78 is 1.63. The molecule has 0 spiro atoms. The molecule has 5 heteroatoms. The molecule has 0 aliphatic heterocycles. The van der Waals surface area contributed by atoms with Crippen LogP contribution in [-0.4, -0.2) is 21.3 Å². The van der Waals surface area contributed by atoms with Crippen molar-refractivity contribution >= 4 is 17.9 Å². The molecule has 0 fully saturated rings. The van der Waals surface area contributed by atoms with Gasteiger partial charge in [-0.15, -0.1) is 5.10 Å². The summed E-state index contributed by atoms with van der Waals surface area (Å²) in [5.74, 6) is 0. The van der Waals surface area contributed by atoms with Gasteiger partial charge in [-0.05, 0) is 13.0 Å². The average molecular weight is 262 g/mol. The fraction of sp³-hybridized carbons (Fsp3) is 0.154. The first-order valence-corrected chi connectivity index (χ1v) is 5.79. The Morgan fingerprint density at radius 1 is 1.50 bits per heavy atom. The lowest BCUT2D eigenvalue weighted by Crippen LogP contribution is -2.04. The smallest absolute Gasteiger partial charge is 0.172 e. The summed E-state index contributed by atoms with van der Waals surface area (Å²) >= 11 is 6.15. The van der Waals surface area contributed by atoms with Crippen LogP contribution in [0.3, 0.4) is 0 Å². The maximum Gasteiger partial charge on any atom is 0.172 e. The van der Waals surface area contributed by atoms with Crippen LogP contribution in [0.25, 0.3) is 11.3 Å². The Hall–Kier alpha value is -1.94. The van der Waals surface area contributed by atoms with Crippen LogP contribution in [0.5, 0.6) is 0 Å². The lowest BCUT2D eigenvalue weighted by molar-refractivity contribution is 0.111. The van der Waals surface area contributed by atoms with Gasteiger partial charge >= 0.3 is 0 Å². The number of halogens is 1. The standard InChI is InChI=1S/C13H12ClN3O/c1-9(2)7-17-13(12(8-18)15-16-17)10-5-3-4-6-11(10)14/h3-6,8H,1,7H2,2H3. The largest absolute Gasteiger partial charge is 0.296 e. The van der Waals surface area contributed by atoms with Gasteiger partial charge in [0.25, 0.3) is 0 Å². The number of hydrogen-bond donors (Lipinski definition) is 0. The molecule has 1 aromatic heterocycles. The highest BCUT2D eigenvalue weighted by atomic mass is 35.5. The minimum absolute atomic E-state index is 0.282. The van der Waals surface area contributed by atoms with Gasteiger partial charge in [0.05, 0.1) is 11.6 Å². The van der Waals surface area contributed by atoms with E-state index in [4.69, 9.17) is 11.6 Å². The molecule has 92 valence electrons. The van der Waals surface area contributed by atoms with Crippen LogP contribution < -0.4 is 0 Å². The van der Waals surface area contributed by atoms with Crippen molar-refractivity contribution in [3.05, 3.63) is 47.1 Å². The van der Waals surface area contributed by atoms with E-state index in [1.165, 1.54) is 0 Å². The molecule has 4 nitrogen and oxygen atoms in total. The molecular formula is C13H12ClN3O. The Bertz CT molecular complexity index is 604. The van der Waals surface area contributed by atoms with Gasteiger partial charge < -0.3 is 0 Å². The highest BCUT2D eigenvalue weighted by Crippen LogP contribution is 2.29. The van der Waals surface area contributed by atoms with Crippen molar-refractivity contribution in [1.82, 2.24) is 15.0 Å². The molecule has 0 saturated heterocycles. The second-order valence-corrected chi connectivity index (χ2v) is 4.44. The predicted molar refractivity (Wildman–Crippen MR) is 70.7 cm³/mol. The maximum atomic E-state index is 11.0. The van der Waals surface area contributed by atoms with Crippen molar-refractivity contribution in [2.45, 2.75) is 13.5 Å². The number of rotatable bonds is 4. The van der Waals surface area contributed by atoms with E-state index in [0.29, 0.717) is 23.5 Å². The predicted octanol–water partition coefficient (Wildman–Crippen LogP) is 2.99. The summed E-state index contributed by atoms with van der Waals surface area (Å²) in [7, 11) is 0. The Morgan fingerprint density at radius 3 is 2.83 bits per heavy atom. The molecule has 0 N–H and O–H groups in total. The highest BCUT2D eigenvalue weighted by Gasteiger charge is 2.16. The molecule has 0 aliphatic carbocycles. The van der Waals surface area contributed by atoms with Gasteiger partial charge in [-0.2, -0.15) is 0 Å². The Balaban J connectivity index is 2.61. The van der Waals surface area contributed by atoms with Crippen molar-refractivity contribution < 1.29 is 4.79 Å². The zero-order chi connectivity index (χ0) is 13.1. The minimum Gasteiger partial charge on any atom is -0.296 e. The normalized spacial score (nSPS) is 10.3. The number of aromatic nitrogens is 3. The van der Waals surface area contributed by atoms with Crippen molar-refractivity contribution in [3.8, 4) is 11.3 Å². The third-order valence-electron chi connectivity index (χ3n) is 2.42. The van der Waals surface area contributed by atoms with Gasteiger partial charge in [0.1, 0.15) is 5.69 Å². The Labute approximate surface area is 110 Å².